The number of rotatable bonds is 5. The number of fused-ring (bicyclic) bond motifs is 1. The van der Waals surface area contributed by atoms with Crippen LogP contribution in [0.3, 0.4) is 0 Å². The average molecular weight is 471 g/mol. The van der Waals surface area contributed by atoms with Crippen LogP contribution in [0.15, 0.2) is 42.6 Å². The predicted molar refractivity (Wildman–Crippen MR) is 130 cm³/mol. The van der Waals surface area contributed by atoms with Gasteiger partial charge in [-0.1, -0.05) is 0 Å². The third kappa shape index (κ3) is 5.82. The zero-order valence-corrected chi connectivity index (χ0v) is 20.7. The Bertz CT molecular complexity index is 1130. The second-order valence-electron chi connectivity index (χ2n) is 9.52. The molecule has 176 valence electrons. The van der Waals surface area contributed by atoms with Gasteiger partial charge in [0.1, 0.15) is 29.9 Å². The smallest absolute Gasteiger partial charge is 0.415 e. The monoisotopic (exact) mass is 470 g/mol. The second-order valence-corrected chi connectivity index (χ2v) is 10.6. The van der Waals surface area contributed by atoms with Crippen molar-refractivity contribution in [2.24, 2.45) is 0 Å². The Morgan fingerprint density at radius 1 is 1.24 bits per heavy atom. The van der Waals surface area contributed by atoms with Crippen LogP contribution in [-0.4, -0.2) is 48.8 Å². The highest BCUT2D eigenvalue weighted by molar-refractivity contribution is 7.22. The maximum absolute atomic E-state index is 12.3. The Morgan fingerprint density at radius 3 is 2.67 bits per heavy atom. The number of carbonyl (C=O) groups is 1. The van der Waals surface area contributed by atoms with Crippen molar-refractivity contribution in [2.45, 2.75) is 52.1 Å². The summed E-state index contributed by atoms with van der Waals surface area (Å²) in [4.78, 5) is 19.2. The van der Waals surface area contributed by atoms with E-state index in [9.17, 15) is 4.79 Å². The van der Waals surface area contributed by atoms with Crippen molar-refractivity contribution < 1.29 is 23.7 Å². The standard InChI is InChI=1S/C25H30N2O5S/c1-24(2,3)32-23(28)27(6)22-10-8-17(13-26-22)20-11-16-7-9-18(12-21(16)33-20)29-14-19-15-30-25(4,5)31-19/h7-13,19H,14-15H2,1-6H3/t19-/m0/s1. The molecule has 8 heteroatoms. The van der Waals surface area contributed by atoms with Gasteiger partial charge in [0.25, 0.3) is 0 Å². The van der Waals surface area contributed by atoms with Crippen LogP contribution in [0.1, 0.15) is 34.6 Å². The van der Waals surface area contributed by atoms with Crippen LogP contribution in [-0.2, 0) is 14.2 Å². The lowest BCUT2D eigenvalue weighted by molar-refractivity contribution is -0.141. The third-order valence-electron chi connectivity index (χ3n) is 5.04. The van der Waals surface area contributed by atoms with E-state index >= 15 is 0 Å². The number of hydrogen-bond donors (Lipinski definition) is 0. The number of benzene rings is 1. The van der Waals surface area contributed by atoms with E-state index in [2.05, 4.69) is 17.1 Å². The van der Waals surface area contributed by atoms with Gasteiger partial charge in [0.2, 0.25) is 0 Å². The summed E-state index contributed by atoms with van der Waals surface area (Å²) < 4.78 is 23.9. The largest absolute Gasteiger partial charge is 0.491 e. The molecule has 0 N–H and O–H groups in total. The first kappa shape index (κ1) is 23.5. The molecular formula is C25H30N2O5S. The summed E-state index contributed by atoms with van der Waals surface area (Å²) in [5.41, 5.74) is 0.429. The first-order valence-corrected chi connectivity index (χ1v) is 11.7. The van der Waals surface area contributed by atoms with E-state index in [1.807, 2.05) is 58.9 Å². The van der Waals surface area contributed by atoms with Gasteiger partial charge >= 0.3 is 6.09 Å². The number of nitrogens with zero attached hydrogens (tertiary/aromatic N) is 2. The van der Waals surface area contributed by atoms with Gasteiger partial charge in [-0.2, -0.15) is 0 Å². The van der Waals surface area contributed by atoms with Gasteiger partial charge in [0.15, 0.2) is 5.79 Å². The molecule has 1 fully saturated rings. The molecule has 0 saturated carbocycles. The number of aromatic nitrogens is 1. The molecule has 33 heavy (non-hydrogen) atoms. The number of ether oxygens (including phenoxy) is 4. The molecule has 0 radical (unpaired) electrons. The minimum Gasteiger partial charge on any atom is -0.491 e. The molecule has 4 rings (SSSR count). The molecule has 3 aromatic rings. The fraction of sp³-hybridized carbons (Fsp3) is 0.440. The summed E-state index contributed by atoms with van der Waals surface area (Å²) in [7, 11) is 1.65. The van der Waals surface area contributed by atoms with Crippen LogP contribution < -0.4 is 9.64 Å². The highest BCUT2D eigenvalue weighted by Gasteiger charge is 2.33. The highest BCUT2D eigenvalue weighted by Crippen LogP contribution is 2.36. The van der Waals surface area contributed by atoms with Crippen molar-refractivity contribution in [3.8, 4) is 16.2 Å². The Balaban J connectivity index is 1.43. The van der Waals surface area contributed by atoms with Crippen molar-refractivity contribution >= 4 is 33.3 Å². The molecule has 1 aliphatic heterocycles. The van der Waals surface area contributed by atoms with Crippen LogP contribution in [0.2, 0.25) is 0 Å². The van der Waals surface area contributed by atoms with Crippen molar-refractivity contribution in [2.75, 3.05) is 25.2 Å². The zero-order valence-electron chi connectivity index (χ0n) is 19.9. The molecule has 1 atom stereocenters. The van der Waals surface area contributed by atoms with E-state index < -0.39 is 17.5 Å². The maximum Gasteiger partial charge on any atom is 0.415 e. The molecule has 3 heterocycles. The van der Waals surface area contributed by atoms with Crippen LogP contribution >= 0.6 is 11.3 Å². The van der Waals surface area contributed by atoms with Gasteiger partial charge in [-0.05, 0) is 76.4 Å². The quantitative estimate of drug-likeness (QED) is 0.465. The Hall–Kier alpha value is -2.68. The number of amides is 1. The minimum absolute atomic E-state index is 0.0713. The van der Waals surface area contributed by atoms with Crippen molar-refractivity contribution in [3.05, 3.63) is 42.6 Å². The van der Waals surface area contributed by atoms with Crippen molar-refractivity contribution in [1.29, 1.82) is 0 Å². The molecule has 7 nitrogen and oxygen atoms in total. The molecule has 1 amide bonds. The number of carbonyl (C=O) groups excluding carboxylic acids is 1. The Labute approximate surface area is 198 Å². The van der Waals surface area contributed by atoms with E-state index in [0.717, 1.165) is 26.3 Å². The van der Waals surface area contributed by atoms with Gasteiger partial charge in [0.05, 0.1) is 6.61 Å². The van der Waals surface area contributed by atoms with Crippen LogP contribution in [0, 0.1) is 0 Å². The first-order valence-electron chi connectivity index (χ1n) is 10.9. The predicted octanol–water partition coefficient (Wildman–Crippen LogP) is 5.86. The summed E-state index contributed by atoms with van der Waals surface area (Å²) in [6.07, 6.45) is 1.27. The van der Waals surface area contributed by atoms with Crippen LogP contribution in [0.5, 0.6) is 5.75 Å². The fourth-order valence-corrected chi connectivity index (χ4v) is 4.51. The Kier molecular flexibility index (Phi) is 6.35. The number of pyridine rings is 1. The summed E-state index contributed by atoms with van der Waals surface area (Å²) in [6.45, 7) is 10.3. The summed E-state index contributed by atoms with van der Waals surface area (Å²) >= 11 is 1.67. The van der Waals surface area contributed by atoms with Gasteiger partial charge in [-0.25, -0.2) is 9.78 Å². The number of hydrogen-bond acceptors (Lipinski definition) is 7. The molecular weight excluding hydrogens is 440 g/mol. The van der Waals surface area contributed by atoms with Gasteiger partial charge < -0.3 is 18.9 Å². The summed E-state index contributed by atoms with van der Waals surface area (Å²) in [5.74, 6) is 0.786. The molecule has 1 aromatic carbocycles. The Morgan fingerprint density at radius 2 is 2.03 bits per heavy atom. The van der Waals surface area contributed by atoms with Crippen molar-refractivity contribution in [1.82, 2.24) is 4.98 Å². The minimum atomic E-state index is -0.556. The van der Waals surface area contributed by atoms with Crippen molar-refractivity contribution in [3.63, 3.8) is 0 Å². The second kappa shape index (κ2) is 8.93. The zero-order chi connectivity index (χ0) is 23.8. The molecule has 0 spiro atoms. The molecule has 1 saturated heterocycles. The van der Waals surface area contributed by atoms with Gasteiger partial charge in [-0.15, -0.1) is 11.3 Å². The van der Waals surface area contributed by atoms with Crippen LogP contribution in [0.4, 0.5) is 10.6 Å². The van der Waals surface area contributed by atoms with Gasteiger partial charge in [-0.3, -0.25) is 4.90 Å². The van der Waals surface area contributed by atoms with Crippen LogP contribution in [0.25, 0.3) is 20.5 Å². The lowest BCUT2D eigenvalue weighted by Gasteiger charge is -2.24. The van der Waals surface area contributed by atoms with E-state index in [0.29, 0.717) is 19.0 Å². The first-order chi connectivity index (χ1) is 15.5. The normalized spacial score (nSPS) is 17.8. The molecule has 2 aromatic heterocycles. The molecule has 0 bridgehead atoms. The SMILES string of the molecule is CN(C(=O)OC(C)(C)C)c1ccc(-c2cc3ccc(OC[C@H]4COC(C)(C)O4)cc3s2)cn1. The topological polar surface area (TPSA) is 70.1 Å². The lowest BCUT2D eigenvalue weighted by atomic mass is 10.2. The lowest BCUT2D eigenvalue weighted by Crippen LogP contribution is -2.34. The fourth-order valence-electron chi connectivity index (χ4n) is 3.43. The molecule has 1 aliphatic rings. The highest BCUT2D eigenvalue weighted by atomic mass is 32.1. The summed E-state index contributed by atoms with van der Waals surface area (Å²) in [6, 6.07) is 12.0. The maximum atomic E-state index is 12.3. The molecule has 0 unspecified atom stereocenters. The van der Waals surface area contributed by atoms with E-state index in [1.54, 1.807) is 24.6 Å². The molecule has 0 aliphatic carbocycles. The van der Waals surface area contributed by atoms with E-state index in [-0.39, 0.29) is 6.10 Å². The van der Waals surface area contributed by atoms with E-state index in [4.69, 9.17) is 18.9 Å². The number of anilines is 1. The van der Waals surface area contributed by atoms with Gasteiger partial charge in [0, 0.05) is 28.4 Å². The van der Waals surface area contributed by atoms with E-state index in [1.165, 1.54) is 4.90 Å². The third-order valence-corrected chi connectivity index (χ3v) is 6.19. The summed E-state index contributed by atoms with van der Waals surface area (Å²) in [5, 5.41) is 1.14. The average Bonchev–Trinajstić information content (AvgIpc) is 3.32. The number of thiophene rings is 1.